The molecule has 114 valence electrons. The van der Waals surface area contributed by atoms with Crippen LogP contribution in [0.25, 0.3) is 11.3 Å². The third kappa shape index (κ3) is 3.16. The highest BCUT2D eigenvalue weighted by atomic mass is 16.6. The van der Waals surface area contributed by atoms with Crippen molar-refractivity contribution in [1.82, 2.24) is 10.2 Å². The van der Waals surface area contributed by atoms with Crippen LogP contribution >= 0.6 is 0 Å². The van der Waals surface area contributed by atoms with E-state index in [-0.39, 0.29) is 17.1 Å². The van der Waals surface area contributed by atoms with Gasteiger partial charge < -0.3 is 4.74 Å². The zero-order valence-electron chi connectivity index (χ0n) is 12.4. The number of carbonyl (C=O) groups excluding carboxylic acids is 1. The standard InChI is InChI=1S/C16H17N3O3/c1-16(2)9-13(16)22-15(21)17-11-5-3-10(4-6-11)12-7-8-14(20)19-18-12/h3-8,13H,9H2,1-2H3,(H,17,21)(H,19,20). The number of benzene rings is 1. The molecular formula is C16H17N3O3. The first kappa shape index (κ1) is 14.3. The average molecular weight is 299 g/mol. The number of hydrogen-bond acceptors (Lipinski definition) is 4. The molecular weight excluding hydrogens is 282 g/mol. The van der Waals surface area contributed by atoms with E-state index < -0.39 is 6.09 Å². The molecule has 1 atom stereocenters. The van der Waals surface area contributed by atoms with Gasteiger partial charge in [-0.15, -0.1) is 0 Å². The monoisotopic (exact) mass is 299 g/mol. The fourth-order valence-corrected chi connectivity index (χ4v) is 2.13. The minimum absolute atomic E-state index is 0.00267. The Bertz CT molecular complexity index is 729. The SMILES string of the molecule is CC1(C)CC1OC(=O)Nc1ccc(-c2ccc(=O)[nH]n2)cc1. The quantitative estimate of drug-likeness (QED) is 0.912. The van der Waals surface area contributed by atoms with E-state index in [1.165, 1.54) is 6.07 Å². The van der Waals surface area contributed by atoms with Crippen molar-refractivity contribution in [2.45, 2.75) is 26.4 Å². The molecule has 0 spiro atoms. The summed E-state index contributed by atoms with van der Waals surface area (Å²) in [7, 11) is 0. The number of rotatable bonds is 3. The maximum atomic E-state index is 11.8. The van der Waals surface area contributed by atoms with E-state index in [9.17, 15) is 9.59 Å². The Kier molecular flexibility index (Phi) is 3.44. The molecule has 0 radical (unpaired) electrons. The maximum absolute atomic E-state index is 11.8. The summed E-state index contributed by atoms with van der Waals surface area (Å²) in [4.78, 5) is 22.7. The van der Waals surface area contributed by atoms with Gasteiger partial charge in [-0.3, -0.25) is 10.1 Å². The number of amides is 1. The predicted molar refractivity (Wildman–Crippen MR) is 82.6 cm³/mol. The second-order valence-electron chi connectivity index (χ2n) is 6.10. The summed E-state index contributed by atoms with van der Waals surface area (Å²) >= 11 is 0. The molecule has 6 nitrogen and oxygen atoms in total. The van der Waals surface area contributed by atoms with E-state index in [1.54, 1.807) is 18.2 Å². The number of carbonyl (C=O) groups is 1. The molecule has 1 amide bonds. The Morgan fingerprint density at radius 3 is 2.50 bits per heavy atom. The number of aromatic nitrogens is 2. The lowest BCUT2D eigenvalue weighted by Crippen LogP contribution is -2.16. The van der Waals surface area contributed by atoms with Crippen LogP contribution in [0.5, 0.6) is 0 Å². The molecule has 1 aromatic carbocycles. The highest BCUT2D eigenvalue weighted by Gasteiger charge is 2.49. The minimum atomic E-state index is -0.439. The molecule has 1 heterocycles. The van der Waals surface area contributed by atoms with Crippen LogP contribution in [-0.4, -0.2) is 22.4 Å². The number of ether oxygens (including phenoxy) is 1. The Hall–Kier alpha value is -2.63. The number of nitrogens with zero attached hydrogens (tertiary/aromatic N) is 1. The summed E-state index contributed by atoms with van der Waals surface area (Å²) in [6, 6.07) is 10.2. The molecule has 3 rings (SSSR count). The van der Waals surface area contributed by atoms with Crippen LogP contribution in [0.15, 0.2) is 41.2 Å². The van der Waals surface area contributed by atoms with Crippen molar-refractivity contribution in [3.8, 4) is 11.3 Å². The Morgan fingerprint density at radius 2 is 1.95 bits per heavy atom. The van der Waals surface area contributed by atoms with Crippen LogP contribution in [0, 0.1) is 5.41 Å². The van der Waals surface area contributed by atoms with Crippen molar-refractivity contribution in [3.05, 3.63) is 46.8 Å². The van der Waals surface area contributed by atoms with Gasteiger partial charge in [-0.2, -0.15) is 5.10 Å². The van der Waals surface area contributed by atoms with E-state index in [1.807, 2.05) is 12.1 Å². The highest BCUT2D eigenvalue weighted by molar-refractivity contribution is 5.85. The van der Waals surface area contributed by atoms with Crippen molar-refractivity contribution in [3.63, 3.8) is 0 Å². The second-order valence-corrected chi connectivity index (χ2v) is 6.10. The number of aromatic amines is 1. The van der Waals surface area contributed by atoms with E-state index >= 15 is 0 Å². The topological polar surface area (TPSA) is 84.1 Å². The molecule has 0 saturated heterocycles. The van der Waals surface area contributed by atoms with Gasteiger partial charge in [-0.05, 0) is 24.6 Å². The Labute approximate surface area is 127 Å². The van der Waals surface area contributed by atoms with Gasteiger partial charge in [-0.1, -0.05) is 26.0 Å². The molecule has 1 unspecified atom stereocenters. The normalized spacial score (nSPS) is 18.5. The maximum Gasteiger partial charge on any atom is 0.411 e. The minimum Gasteiger partial charge on any atom is -0.445 e. The summed E-state index contributed by atoms with van der Waals surface area (Å²) in [6.07, 6.45) is 0.458. The Morgan fingerprint density at radius 1 is 1.27 bits per heavy atom. The molecule has 1 aliphatic carbocycles. The zero-order valence-corrected chi connectivity index (χ0v) is 12.4. The van der Waals surface area contributed by atoms with Crippen molar-refractivity contribution in [2.75, 3.05) is 5.32 Å². The van der Waals surface area contributed by atoms with Crippen LogP contribution in [0.3, 0.4) is 0 Å². The van der Waals surface area contributed by atoms with Crippen molar-refractivity contribution in [2.24, 2.45) is 5.41 Å². The summed E-state index contributed by atoms with van der Waals surface area (Å²) in [6.45, 7) is 4.13. The number of anilines is 1. The number of hydrogen-bond donors (Lipinski definition) is 2. The van der Waals surface area contributed by atoms with E-state index in [0.29, 0.717) is 11.4 Å². The van der Waals surface area contributed by atoms with E-state index in [0.717, 1.165) is 12.0 Å². The first-order valence-electron chi connectivity index (χ1n) is 7.08. The predicted octanol–water partition coefficient (Wildman–Crippen LogP) is 2.78. The molecule has 2 N–H and O–H groups in total. The largest absolute Gasteiger partial charge is 0.445 e. The van der Waals surface area contributed by atoms with Gasteiger partial charge in [0.15, 0.2) is 0 Å². The van der Waals surface area contributed by atoms with Gasteiger partial charge in [0.25, 0.3) is 5.56 Å². The molecule has 0 bridgehead atoms. The lowest BCUT2D eigenvalue weighted by molar-refractivity contribution is 0.140. The molecule has 0 aliphatic heterocycles. The second kappa shape index (κ2) is 5.29. The fraction of sp³-hybridized carbons (Fsp3) is 0.312. The smallest absolute Gasteiger partial charge is 0.411 e. The van der Waals surface area contributed by atoms with E-state index in [2.05, 4.69) is 29.4 Å². The average Bonchev–Trinajstić information content (AvgIpc) is 3.07. The molecule has 1 aromatic heterocycles. The summed E-state index contributed by atoms with van der Waals surface area (Å²) in [5, 5.41) is 9.04. The summed E-state index contributed by atoms with van der Waals surface area (Å²) < 4.78 is 5.31. The lowest BCUT2D eigenvalue weighted by atomic mass is 10.1. The van der Waals surface area contributed by atoms with Crippen LogP contribution < -0.4 is 10.9 Å². The molecule has 2 aromatic rings. The third-order valence-electron chi connectivity index (χ3n) is 3.78. The molecule has 6 heteroatoms. The molecule has 1 aliphatic rings. The van der Waals surface area contributed by atoms with Gasteiger partial charge in [0.05, 0.1) is 5.69 Å². The molecule has 1 saturated carbocycles. The van der Waals surface area contributed by atoms with E-state index in [4.69, 9.17) is 4.74 Å². The first-order chi connectivity index (χ1) is 10.4. The van der Waals surface area contributed by atoms with Gasteiger partial charge in [-0.25, -0.2) is 9.89 Å². The Balaban J connectivity index is 1.63. The van der Waals surface area contributed by atoms with Crippen molar-refractivity contribution < 1.29 is 9.53 Å². The molecule has 1 fully saturated rings. The van der Waals surface area contributed by atoms with Crippen LogP contribution in [-0.2, 0) is 4.74 Å². The van der Waals surface area contributed by atoms with Crippen molar-refractivity contribution >= 4 is 11.8 Å². The highest BCUT2D eigenvalue weighted by Crippen LogP contribution is 2.47. The third-order valence-corrected chi connectivity index (χ3v) is 3.78. The summed E-state index contributed by atoms with van der Waals surface area (Å²) in [5.41, 5.74) is 2.01. The zero-order chi connectivity index (χ0) is 15.7. The number of nitrogens with one attached hydrogen (secondary N) is 2. The fourth-order valence-electron chi connectivity index (χ4n) is 2.13. The van der Waals surface area contributed by atoms with Crippen molar-refractivity contribution in [1.29, 1.82) is 0 Å². The van der Waals surface area contributed by atoms with Crippen LogP contribution in [0.1, 0.15) is 20.3 Å². The van der Waals surface area contributed by atoms with Gasteiger partial charge in [0.2, 0.25) is 0 Å². The summed E-state index contributed by atoms with van der Waals surface area (Å²) in [5.74, 6) is 0. The van der Waals surface area contributed by atoms with Gasteiger partial charge in [0.1, 0.15) is 6.10 Å². The molecule has 22 heavy (non-hydrogen) atoms. The van der Waals surface area contributed by atoms with Crippen LogP contribution in [0.4, 0.5) is 10.5 Å². The van der Waals surface area contributed by atoms with Gasteiger partial charge in [0, 0.05) is 22.7 Å². The number of H-pyrrole nitrogens is 1. The van der Waals surface area contributed by atoms with Gasteiger partial charge >= 0.3 is 6.09 Å². The van der Waals surface area contributed by atoms with Crippen LogP contribution in [0.2, 0.25) is 0 Å². The lowest BCUT2D eigenvalue weighted by Gasteiger charge is -2.08. The first-order valence-corrected chi connectivity index (χ1v) is 7.08.